The molecule has 1 rings (SSSR count). The fourth-order valence-electron chi connectivity index (χ4n) is 0.909. The third-order valence-electron chi connectivity index (χ3n) is 1.92. The van der Waals surface area contributed by atoms with Gasteiger partial charge in [0, 0.05) is 5.38 Å². The highest BCUT2D eigenvalue weighted by Crippen LogP contribution is 2.20. The number of thiazole rings is 1. The Bertz CT molecular complexity index is 285. The summed E-state index contributed by atoms with van der Waals surface area (Å²) in [5, 5.41) is 11.4. The molecule has 0 aliphatic heterocycles. The van der Waals surface area contributed by atoms with Gasteiger partial charge in [0.2, 0.25) is 0 Å². The lowest BCUT2D eigenvalue weighted by atomic mass is 10.1. The van der Waals surface area contributed by atoms with E-state index in [9.17, 15) is 0 Å². The molecular weight excluding hydrogens is 168 g/mol. The Morgan fingerprint density at radius 1 is 1.75 bits per heavy atom. The fourth-order valence-corrected chi connectivity index (χ4v) is 1.76. The minimum absolute atomic E-state index is 0.446. The molecule has 1 unspecified atom stereocenters. The summed E-state index contributed by atoms with van der Waals surface area (Å²) in [4.78, 5) is 4.37. The zero-order chi connectivity index (χ0) is 8.97. The normalized spacial score (nSPS) is 12.4. The van der Waals surface area contributed by atoms with E-state index in [-0.39, 0.29) is 0 Å². The first-order valence-corrected chi connectivity index (χ1v) is 4.97. The Labute approximate surface area is 76.9 Å². The van der Waals surface area contributed by atoms with Crippen molar-refractivity contribution in [2.24, 2.45) is 0 Å². The zero-order valence-corrected chi connectivity index (χ0v) is 8.19. The maximum Gasteiger partial charge on any atom is 0.107 e. The van der Waals surface area contributed by atoms with Crippen molar-refractivity contribution in [3.8, 4) is 6.07 Å². The second-order valence-corrected chi connectivity index (χ2v) is 3.75. The monoisotopic (exact) mass is 180 g/mol. The molecule has 0 saturated carbocycles. The van der Waals surface area contributed by atoms with Gasteiger partial charge in [0.25, 0.3) is 0 Å². The number of rotatable bonds is 3. The highest BCUT2D eigenvalue weighted by atomic mass is 32.1. The Balaban J connectivity index is 2.71. The van der Waals surface area contributed by atoms with Crippen LogP contribution in [0.1, 0.15) is 36.9 Å². The van der Waals surface area contributed by atoms with Crippen molar-refractivity contribution in [2.75, 3.05) is 0 Å². The van der Waals surface area contributed by atoms with E-state index in [0.29, 0.717) is 12.3 Å². The summed E-state index contributed by atoms with van der Waals surface area (Å²) in [5.41, 5.74) is 1.13. The second kappa shape index (κ2) is 4.22. The fraction of sp³-hybridized carbons (Fsp3) is 0.556. The van der Waals surface area contributed by atoms with E-state index in [2.05, 4.69) is 30.3 Å². The van der Waals surface area contributed by atoms with Crippen molar-refractivity contribution in [3.63, 3.8) is 0 Å². The van der Waals surface area contributed by atoms with Crippen LogP contribution in [0.3, 0.4) is 0 Å². The molecule has 3 heteroatoms. The molecule has 0 N–H and O–H groups in total. The summed E-state index contributed by atoms with van der Waals surface area (Å²) < 4.78 is 0. The van der Waals surface area contributed by atoms with Gasteiger partial charge in [-0.25, -0.2) is 4.98 Å². The van der Waals surface area contributed by atoms with E-state index in [1.807, 2.05) is 0 Å². The third-order valence-corrected chi connectivity index (χ3v) is 2.78. The molecule has 1 heterocycles. The van der Waals surface area contributed by atoms with Crippen LogP contribution in [0.2, 0.25) is 0 Å². The molecule has 0 fully saturated rings. The van der Waals surface area contributed by atoms with E-state index >= 15 is 0 Å². The predicted octanol–water partition coefficient (Wildman–Crippen LogP) is 2.72. The standard InChI is InChI=1S/C9H12N2S/c1-3-7(2)8-6-12-9(11-8)4-5-10/h6-7H,3-4H2,1-2H3. The maximum atomic E-state index is 8.44. The van der Waals surface area contributed by atoms with Gasteiger partial charge in [-0.05, 0) is 12.3 Å². The minimum atomic E-state index is 0.446. The highest BCUT2D eigenvalue weighted by Gasteiger charge is 2.07. The summed E-state index contributed by atoms with van der Waals surface area (Å²) in [6.07, 6.45) is 1.55. The molecule has 2 nitrogen and oxygen atoms in total. The summed E-state index contributed by atoms with van der Waals surface area (Å²) in [5.74, 6) is 0.522. The molecule has 12 heavy (non-hydrogen) atoms. The topological polar surface area (TPSA) is 36.7 Å². The van der Waals surface area contributed by atoms with Crippen molar-refractivity contribution in [1.29, 1.82) is 5.26 Å². The number of aromatic nitrogens is 1. The van der Waals surface area contributed by atoms with E-state index in [0.717, 1.165) is 17.1 Å². The predicted molar refractivity (Wildman–Crippen MR) is 50.1 cm³/mol. The molecule has 0 saturated heterocycles. The van der Waals surface area contributed by atoms with Crippen LogP contribution in [0.4, 0.5) is 0 Å². The number of hydrogen-bond donors (Lipinski definition) is 0. The van der Waals surface area contributed by atoms with Gasteiger partial charge >= 0.3 is 0 Å². The van der Waals surface area contributed by atoms with Crippen molar-refractivity contribution in [1.82, 2.24) is 4.98 Å². The van der Waals surface area contributed by atoms with Crippen LogP contribution in [0, 0.1) is 11.3 Å². The van der Waals surface area contributed by atoms with Crippen LogP contribution >= 0.6 is 11.3 Å². The van der Waals surface area contributed by atoms with Gasteiger partial charge in [-0.2, -0.15) is 5.26 Å². The molecule has 1 atom stereocenters. The number of hydrogen-bond acceptors (Lipinski definition) is 3. The van der Waals surface area contributed by atoms with Crippen molar-refractivity contribution < 1.29 is 0 Å². The number of nitriles is 1. The lowest BCUT2D eigenvalue weighted by Gasteiger charge is -2.01. The SMILES string of the molecule is CCC(C)c1csc(CC#N)n1. The van der Waals surface area contributed by atoms with Crippen LogP contribution in [0.15, 0.2) is 5.38 Å². The van der Waals surface area contributed by atoms with Crippen molar-refractivity contribution >= 4 is 11.3 Å². The lowest BCUT2D eigenvalue weighted by Crippen LogP contribution is -1.91. The largest absolute Gasteiger partial charge is 0.245 e. The van der Waals surface area contributed by atoms with Crippen LogP contribution in [-0.4, -0.2) is 4.98 Å². The molecule has 0 radical (unpaired) electrons. The lowest BCUT2D eigenvalue weighted by molar-refractivity contribution is 0.711. The number of nitrogens with zero attached hydrogens (tertiary/aromatic N) is 2. The van der Waals surface area contributed by atoms with Gasteiger partial charge in [-0.1, -0.05) is 13.8 Å². The molecular formula is C9H12N2S. The molecule has 1 aromatic rings. The molecule has 0 aliphatic rings. The smallest absolute Gasteiger partial charge is 0.107 e. The van der Waals surface area contributed by atoms with Crippen molar-refractivity contribution in [3.05, 3.63) is 16.1 Å². The van der Waals surface area contributed by atoms with E-state index in [1.165, 1.54) is 0 Å². The van der Waals surface area contributed by atoms with E-state index in [1.54, 1.807) is 11.3 Å². The molecule has 0 bridgehead atoms. The first-order chi connectivity index (χ1) is 5.77. The van der Waals surface area contributed by atoms with Crippen molar-refractivity contribution in [2.45, 2.75) is 32.6 Å². The molecule has 1 aromatic heterocycles. The Morgan fingerprint density at radius 2 is 2.50 bits per heavy atom. The Hall–Kier alpha value is -0.880. The summed E-state index contributed by atoms with van der Waals surface area (Å²) in [6, 6.07) is 2.10. The Kier molecular flexibility index (Phi) is 3.24. The zero-order valence-electron chi connectivity index (χ0n) is 7.37. The first kappa shape index (κ1) is 9.21. The highest BCUT2D eigenvalue weighted by molar-refractivity contribution is 7.09. The molecule has 64 valence electrons. The maximum absolute atomic E-state index is 8.44. The molecule has 0 spiro atoms. The molecule has 0 aliphatic carbocycles. The van der Waals surface area contributed by atoms with Gasteiger partial charge in [0.1, 0.15) is 5.01 Å². The summed E-state index contributed by atoms with van der Waals surface area (Å²) >= 11 is 1.58. The third kappa shape index (κ3) is 2.05. The average Bonchev–Trinajstić information content (AvgIpc) is 2.52. The minimum Gasteiger partial charge on any atom is -0.245 e. The van der Waals surface area contributed by atoms with Gasteiger partial charge < -0.3 is 0 Å². The Morgan fingerprint density at radius 3 is 3.08 bits per heavy atom. The first-order valence-electron chi connectivity index (χ1n) is 4.09. The van der Waals surface area contributed by atoms with Crippen LogP contribution in [0.5, 0.6) is 0 Å². The quantitative estimate of drug-likeness (QED) is 0.717. The second-order valence-electron chi connectivity index (χ2n) is 2.81. The van der Waals surface area contributed by atoms with Gasteiger partial charge in [0.15, 0.2) is 0 Å². The van der Waals surface area contributed by atoms with Gasteiger partial charge in [-0.15, -0.1) is 11.3 Å². The molecule has 0 amide bonds. The molecule has 0 aromatic carbocycles. The summed E-state index contributed by atoms with van der Waals surface area (Å²) in [6.45, 7) is 4.30. The van der Waals surface area contributed by atoms with Crippen LogP contribution in [-0.2, 0) is 6.42 Å². The average molecular weight is 180 g/mol. The van der Waals surface area contributed by atoms with Gasteiger partial charge in [-0.3, -0.25) is 0 Å². The van der Waals surface area contributed by atoms with Gasteiger partial charge in [0.05, 0.1) is 18.2 Å². The van der Waals surface area contributed by atoms with E-state index in [4.69, 9.17) is 5.26 Å². The van der Waals surface area contributed by atoms with Crippen LogP contribution < -0.4 is 0 Å². The van der Waals surface area contributed by atoms with Crippen LogP contribution in [0.25, 0.3) is 0 Å². The van der Waals surface area contributed by atoms with E-state index < -0.39 is 0 Å². The summed E-state index contributed by atoms with van der Waals surface area (Å²) in [7, 11) is 0.